The minimum Gasteiger partial charge on any atom is -0.465 e. The molecule has 76 valence electrons. The van der Waals surface area contributed by atoms with Gasteiger partial charge in [0.2, 0.25) is 0 Å². The van der Waals surface area contributed by atoms with E-state index in [9.17, 15) is 9.59 Å². The summed E-state index contributed by atoms with van der Waals surface area (Å²) in [4.78, 5) is 21.8. The third kappa shape index (κ3) is 5.39. The smallest absolute Gasteiger partial charge is 0.316 e. The molecule has 3 heteroatoms. The Bertz CT molecular complexity index is 179. The maximum Gasteiger partial charge on any atom is 0.316 e. The molecule has 0 heterocycles. The van der Waals surface area contributed by atoms with E-state index in [1.54, 1.807) is 6.92 Å². The topological polar surface area (TPSA) is 43.4 Å². The van der Waals surface area contributed by atoms with Crippen LogP contribution in [0.25, 0.3) is 0 Å². The Hall–Kier alpha value is -0.860. The van der Waals surface area contributed by atoms with Crippen LogP contribution >= 0.6 is 0 Å². The van der Waals surface area contributed by atoms with Gasteiger partial charge in [-0.3, -0.25) is 4.79 Å². The summed E-state index contributed by atoms with van der Waals surface area (Å²) < 4.78 is 4.77. The number of ether oxygens (including phenoxy) is 1. The third-order valence-electron chi connectivity index (χ3n) is 1.59. The van der Waals surface area contributed by atoms with Gasteiger partial charge < -0.3 is 9.53 Å². The number of carbonyl (C=O) groups is 2. The summed E-state index contributed by atoms with van der Waals surface area (Å²) in [5.74, 6) is -1.02. The van der Waals surface area contributed by atoms with Crippen molar-refractivity contribution in [3.8, 4) is 0 Å². The number of aldehydes is 1. The van der Waals surface area contributed by atoms with Crippen LogP contribution in [-0.4, -0.2) is 18.9 Å². The van der Waals surface area contributed by atoms with Crippen molar-refractivity contribution in [3.05, 3.63) is 0 Å². The second-order valence-electron chi connectivity index (χ2n) is 4.26. The SMILES string of the molecule is CCOC(=O)[C@@H](C=O)CC(C)(C)C. The maximum absolute atomic E-state index is 11.2. The first-order valence-corrected chi connectivity index (χ1v) is 4.52. The molecule has 0 aromatic rings. The monoisotopic (exact) mass is 186 g/mol. The van der Waals surface area contributed by atoms with Crippen molar-refractivity contribution in [1.29, 1.82) is 0 Å². The molecule has 1 atom stereocenters. The van der Waals surface area contributed by atoms with Crippen molar-refractivity contribution in [2.24, 2.45) is 11.3 Å². The van der Waals surface area contributed by atoms with Crippen LogP contribution in [0.15, 0.2) is 0 Å². The van der Waals surface area contributed by atoms with E-state index in [1.165, 1.54) is 0 Å². The molecular formula is C10H18O3. The van der Waals surface area contributed by atoms with Gasteiger partial charge in [-0.1, -0.05) is 20.8 Å². The molecule has 0 rings (SSSR count). The molecular weight excluding hydrogens is 168 g/mol. The standard InChI is InChI=1S/C10H18O3/c1-5-13-9(12)8(7-11)6-10(2,3)4/h7-8H,5-6H2,1-4H3/t8-/m1/s1. The zero-order valence-electron chi connectivity index (χ0n) is 8.79. The molecule has 0 N–H and O–H groups in total. The fourth-order valence-electron chi connectivity index (χ4n) is 1.10. The van der Waals surface area contributed by atoms with Crippen molar-refractivity contribution in [2.45, 2.75) is 34.1 Å². The van der Waals surface area contributed by atoms with E-state index in [1.807, 2.05) is 20.8 Å². The van der Waals surface area contributed by atoms with Crippen molar-refractivity contribution in [3.63, 3.8) is 0 Å². The zero-order chi connectivity index (χ0) is 10.5. The molecule has 0 aliphatic heterocycles. The van der Waals surface area contributed by atoms with Gasteiger partial charge in [0.15, 0.2) is 0 Å². The first-order valence-electron chi connectivity index (χ1n) is 4.52. The van der Waals surface area contributed by atoms with E-state index in [4.69, 9.17) is 4.74 Å². The Morgan fingerprint density at radius 1 is 1.46 bits per heavy atom. The largest absolute Gasteiger partial charge is 0.465 e. The van der Waals surface area contributed by atoms with E-state index in [-0.39, 0.29) is 5.41 Å². The lowest BCUT2D eigenvalue weighted by molar-refractivity contribution is -0.150. The minimum absolute atomic E-state index is 0.0294. The van der Waals surface area contributed by atoms with Gasteiger partial charge in [0.1, 0.15) is 12.2 Å². The fraction of sp³-hybridized carbons (Fsp3) is 0.800. The molecule has 0 aliphatic rings. The summed E-state index contributed by atoms with van der Waals surface area (Å²) in [7, 11) is 0. The lowest BCUT2D eigenvalue weighted by Gasteiger charge is -2.20. The number of rotatable bonds is 4. The Kier molecular flexibility index (Phi) is 4.67. The lowest BCUT2D eigenvalue weighted by atomic mass is 9.85. The van der Waals surface area contributed by atoms with Gasteiger partial charge in [-0.25, -0.2) is 0 Å². The summed E-state index contributed by atoms with van der Waals surface area (Å²) in [6.07, 6.45) is 1.21. The van der Waals surface area contributed by atoms with Crippen LogP contribution in [0.5, 0.6) is 0 Å². The van der Waals surface area contributed by atoms with Crippen LogP contribution in [0, 0.1) is 11.3 Å². The predicted molar refractivity (Wildman–Crippen MR) is 50.3 cm³/mol. The van der Waals surface area contributed by atoms with Crippen LogP contribution in [0.1, 0.15) is 34.1 Å². The second kappa shape index (κ2) is 5.00. The molecule has 0 amide bonds. The highest BCUT2D eigenvalue weighted by atomic mass is 16.5. The lowest BCUT2D eigenvalue weighted by Crippen LogP contribution is -2.24. The molecule has 0 fully saturated rings. The highest BCUT2D eigenvalue weighted by Gasteiger charge is 2.25. The number of hydrogen-bond acceptors (Lipinski definition) is 3. The Labute approximate surface area is 79.5 Å². The van der Waals surface area contributed by atoms with Gasteiger partial charge in [-0.2, -0.15) is 0 Å². The Morgan fingerprint density at radius 2 is 2.00 bits per heavy atom. The van der Waals surface area contributed by atoms with Crippen molar-refractivity contribution in [1.82, 2.24) is 0 Å². The van der Waals surface area contributed by atoms with Crippen LogP contribution in [0.2, 0.25) is 0 Å². The molecule has 0 bridgehead atoms. The highest BCUT2D eigenvalue weighted by molar-refractivity contribution is 5.87. The van der Waals surface area contributed by atoms with E-state index < -0.39 is 11.9 Å². The molecule has 0 aromatic heterocycles. The summed E-state index contributed by atoms with van der Waals surface area (Å²) >= 11 is 0. The van der Waals surface area contributed by atoms with E-state index in [0.29, 0.717) is 19.3 Å². The van der Waals surface area contributed by atoms with Crippen molar-refractivity contribution in [2.75, 3.05) is 6.61 Å². The molecule has 3 nitrogen and oxygen atoms in total. The number of carbonyl (C=O) groups excluding carboxylic acids is 2. The molecule has 13 heavy (non-hydrogen) atoms. The zero-order valence-corrected chi connectivity index (χ0v) is 8.79. The van der Waals surface area contributed by atoms with Gasteiger partial charge in [-0.15, -0.1) is 0 Å². The molecule has 0 unspecified atom stereocenters. The van der Waals surface area contributed by atoms with Crippen LogP contribution < -0.4 is 0 Å². The number of esters is 1. The van der Waals surface area contributed by atoms with Gasteiger partial charge >= 0.3 is 5.97 Å². The van der Waals surface area contributed by atoms with Crippen molar-refractivity contribution >= 4 is 12.3 Å². The molecule has 0 aliphatic carbocycles. The first-order chi connectivity index (χ1) is 5.90. The van der Waals surface area contributed by atoms with Crippen LogP contribution in [-0.2, 0) is 14.3 Å². The molecule has 0 saturated carbocycles. The Morgan fingerprint density at radius 3 is 2.31 bits per heavy atom. The molecule has 0 radical (unpaired) electrons. The molecule has 0 aromatic carbocycles. The minimum atomic E-state index is -0.611. The third-order valence-corrected chi connectivity index (χ3v) is 1.59. The quantitative estimate of drug-likeness (QED) is 0.382. The fourth-order valence-corrected chi connectivity index (χ4v) is 1.10. The average molecular weight is 186 g/mol. The highest BCUT2D eigenvalue weighted by Crippen LogP contribution is 2.23. The summed E-state index contributed by atoms with van der Waals surface area (Å²) in [5, 5.41) is 0. The van der Waals surface area contributed by atoms with Gasteiger partial charge in [-0.05, 0) is 18.8 Å². The Balaban J connectivity index is 4.18. The van der Waals surface area contributed by atoms with E-state index in [2.05, 4.69) is 0 Å². The predicted octanol–water partition coefficient (Wildman–Crippen LogP) is 1.80. The molecule has 0 spiro atoms. The molecule has 0 saturated heterocycles. The average Bonchev–Trinajstić information content (AvgIpc) is 1.99. The van der Waals surface area contributed by atoms with Gasteiger partial charge in [0.25, 0.3) is 0 Å². The van der Waals surface area contributed by atoms with Gasteiger partial charge in [0, 0.05) is 0 Å². The van der Waals surface area contributed by atoms with Gasteiger partial charge in [0.05, 0.1) is 6.61 Å². The summed E-state index contributed by atoms with van der Waals surface area (Å²) in [6.45, 7) is 8.03. The van der Waals surface area contributed by atoms with Crippen molar-refractivity contribution < 1.29 is 14.3 Å². The van der Waals surface area contributed by atoms with E-state index >= 15 is 0 Å². The van der Waals surface area contributed by atoms with Crippen LogP contribution in [0.3, 0.4) is 0 Å². The number of hydrogen-bond donors (Lipinski definition) is 0. The second-order valence-corrected chi connectivity index (χ2v) is 4.26. The normalized spacial score (nSPS) is 13.5. The van der Waals surface area contributed by atoms with Crippen LogP contribution in [0.4, 0.5) is 0 Å². The first kappa shape index (κ1) is 12.1. The maximum atomic E-state index is 11.2. The summed E-state index contributed by atoms with van der Waals surface area (Å²) in [5.41, 5.74) is -0.0294. The summed E-state index contributed by atoms with van der Waals surface area (Å²) in [6, 6.07) is 0. The van der Waals surface area contributed by atoms with E-state index in [0.717, 1.165) is 0 Å².